The number of nitrogens with zero attached hydrogens (tertiary/aromatic N) is 4. The SMILES string of the molecule is COc1cc(NS(=O)c2ccc(-n3c(C)cc(C(=O)CN4CCCCC4)c3C)cc2)nc(OC)n1.O. The van der Waals surface area contributed by atoms with Gasteiger partial charge in [0, 0.05) is 28.7 Å². The maximum Gasteiger partial charge on any atom is 0.321 e. The molecule has 0 amide bonds. The summed E-state index contributed by atoms with van der Waals surface area (Å²) in [5.74, 6) is 0.782. The molecular formula is C25H33N5O5S. The zero-order chi connectivity index (χ0) is 24.9. The van der Waals surface area contributed by atoms with E-state index in [2.05, 4.69) is 24.2 Å². The predicted octanol–water partition coefficient (Wildman–Crippen LogP) is 2.88. The number of methoxy groups -OCH3 is 2. The number of rotatable bonds is 9. The Balaban J connectivity index is 0.00000361. The fraction of sp³-hybridized carbons (Fsp3) is 0.400. The first-order valence-electron chi connectivity index (χ1n) is 11.6. The van der Waals surface area contributed by atoms with Crippen LogP contribution >= 0.6 is 0 Å². The quantitative estimate of drug-likeness (QED) is 0.434. The highest BCUT2D eigenvalue weighted by Crippen LogP contribution is 2.24. The second-order valence-corrected chi connectivity index (χ2v) is 9.74. The van der Waals surface area contributed by atoms with E-state index in [9.17, 15) is 9.00 Å². The molecule has 1 fully saturated rings. The first-order valence-corrected chi connectivity index (χ1v) is 12.7. The Morgan fingerprint density at radius 3 is 2.36 bits per heavy atom. The number of hydrogen-bond donors (Lipinski definition) is 1. The number of aryl methyl sites for hydroxylation is 1. The van der Waals surface area contributed by atoms with E-state index >= 15 is 0 Å². The molecule has 1 saturated heterocycles. The molecule has 3 N–H and O–H groups in total. The van der Waals surface area contributed by atoms with Crippen molar-refractivity contribution in [1.29, 1.82) is 0 Å². The fourth-order valence-electron chi connectivity index (χ4n) is 4.37. The second-order valence-electron chi connectivity index (χ2n) is 8.53. The molecule has 1 aliphatic heterocycles. The lowest BCUT2D eigenvalue weighted by Gasteiger charge is -2.25. The van der Waals surface area contributed by atoms with E-state index in [1.807, 2.05) is 32.0 Å². The summed E-state index contributed by atoms with van der Waals surface area (Å²) in [6, 6.07) is 11.0. The molecule has 1 atom stereocenters. The van der Waals surface area contributed by atoms with Crippen LogP contribution in [0, 0.1) is 13.8 Å². The lowest BCUT2D eigenvalue weighted by molar-refractivity contribution is 0.0915. The van der Waals surface area contributed by atoms with Gasteiger partial charge in [0.2, 0.25) is 5.88 Å². The molecular weight excluding hydrogens is 482 g/mol. The Morgan fingerprint density at radius 2 is 1.72 bits per heavy atom. The number of ether oxygens (including phenoxy) is 2. The number of ketones is 1. The third-order valence-corrected chi connectivity index (χ3v) is 7.22. The number of benzene rings is 1. The number of likely N-dealkylation sites (tertiary alicyclic amines) is 1. The van der Waals surface area contributed by atoms with Crippen molar-refractivity contribution in [3.63, 3.8) is 0 Å². The first-order chi connectivity index (χ1) is 16.9. The van der Waals surface area contributed by atoms with Gasteiger partial charge in [-0.2, -0.15) is 9.97 Å². The van der Waals surface area contributed by atoms with Gasteiger partial charge in [0.1, 0.15) is 5.82 Å². The fourth-order valence-corrected chi connectivity index (χ4v) is 5.17. The Labute approximate surface area is 213 Å². The molecule has 0 bridgehead atoms. The Bertz CT molecular complexity index is 1200. The third kappa shape index (κ3) is 6.10. The van der Waals surface area contributed by atoms with Crippen molar-refractivity contribution in [2.24, 2.45) is 0 Å². The van der Waals surface area contributed by atoms with Crippen LogP contribution in [0.3, 0.4) is 0 Å². The highest BCUT2D eigenvalue weighted by atomic mass is 32.2. The van der Waals surface area contributed by atoms with Gasteiger partial charge in [-0.05, 0) is 70.1 Å². The number of nitrogens with one attached hydrogen (secondary N) is 1. The van der Waals surface area contributed by atoms with E-state index in [4.69, 9.17) is 9.47 Å². The molecule has 11 heteroatoms. The molecule has 0 radical (unpaired) electrons. The van der Waals surface area contributed by atoms with Gasteiger partial charge in [-0.25, -0.2) is 4.21 Å². The summed E-state index contributed by atoms with van der Waals surface area (Å²) < 4.78 is 28.0. The summed E-state index contributed by atoms with van der Waals surface area (Å²) in [5, 5.41) is 0. The Hall–Kier alpha value is -3.28. The summed E-state index contributed by atoms with van der Waals surface area (Å²) in [5.41, 5.74) is 3.56. The molecule has 0 spiro atoms. The van der Waals surface area contributed by atoms with Gasteiger partial charge >= 0.3 is 6.01 Å². The van der Waals surface area contributed by atoms with E-state index in [-0.39, 0.29) is 17.3 Å². The van der Waals surface area contributed by atoms with Crippen molar-refractivity contribution < 1.29 is 24.0 Å². The molecule has 4 rings (SSSR count). The molecule has 2 aromatic heterocycles. The molecule has 3 aromatic rings. The van der Waals surface area contributed by atoms with Gasteiger partial charge in [-0.3, -0.25) is 14.4 Å². The second kappa shape index (κ2) is 12.1. The van der Waals surface area contributed by atoms with Crippen LogP contribution in [-0.2, 0) is 11.0 Å². The molecule has 1 aliphatic rings. The predicted molar refractivity (Wildman–Crippen MR) is 139 cm³/mol. The minimum Gasteiger partial charge on any atom is -0.481 e. The number of carbonyl (C=O) groups is 1. The van der Waals surface area contributed by atoms with Gasteiger partial charge in [-0.15, -0.1) is 0 Å². The van der Waals surface area contributed by atoms with E-state index in [1.165, 1.54) is 20.6 Å². The first kappa shape index (κ1) is 27.3. The summed E-state index contributed by atoms with van der Waals surface area (Å²) in [4.78, 5) is 24.0. The Morgan fingerprint density at radius 1 is 1.03 bits per heavy atom. The van der Waals surface area contributed by atoms with Crippen LogP contribution < -0.4 is 14.2 Å². The number of Topliss-reactive ketones (excluding diaryl/α,β-unsaturated/α-hetero) is 1. The molecule has 1 unspecified atom stereocenters. The largest absolute Gasteiger partial charge is 0.481 e. The van der Waals surface area contributed by atoms with Gasteiger partial charge in [0.15, 0.2) is 16.8 Å². The van der Waals surface area contributed by atoms with Crippen LogP contribution in [0.15, 0.2) is 41.3 Å². The molecule has 1 aromatic carbocycles. The molecule has 36 heavy (non-hydrogen) atoms. The van der Waals surface area contributed by atoms with Crippen molar-refractivity contribution in [3.8, 4) is 17.6 Å². The number of anilines is 1. The average Bonchev–Trinajstić information content (AvgIpc) is 3.18. The highest BCUT2D eigenvalue weighted by Gasteiger charge is 2.20. The number of carbonyl (C=O) groups excluding carboxylic acids is 1. The van der Waals surface area contributed by atoms with Crippen LogP contribution in [0.1, 0.15) is 41.0 Å². The average molecular weight is 516 g/mol. The van der Waals surface area contributed by atoms with E-state index in [1.54, 1.807) is 18.2 Å². The van der Waals surface area contributed by atoms with Crippen LogP contribution in [0.4, 0.5) is 5.82 Å². The summed E-state index contributed by atoms with van der Waals surface area (Å²) in [6.07, 6.45) is 3.57. The number of piperidine rings is 1. The lowest BCUT2D eigenvalue weighted by Crippen LogP contribution is -2.34. The number of aromatic nitrogens is 3. The molecule has 0 aliphatic carbocycles. The van der Waals surface area contributed by atoms with Crippen molar-refractivity contribution >= 4 is 22.6 Å². The van der Waals surface area contributed by atoms with Crippen molar-refractivity contribution in [3.05, 3.63) is 53.3 Å². The molecule has 0 saturated carbocycles. The number of hydrogen-bond acceptors (Lipinski definition) is 7. The smallest absolute Gasteiger partial charge is 0.321 e. The lowest BCUT2D eigenvalue weighted by atomic mass is 10.1. The zero-order valence-electron chi connectivity index (χ0n) is 21.0. The highest BCUT2D eigenvalue weighted by molar-refractivity contribution is 7.86. The minimum atomic E-state index is -1.56. The molecule has 3 heterocycles. The van der Waals surface area contributed by atoms with Crippen LogP contribution in [0.25, 0.3) is 5.69 Å². The van der Waals surface area contributed by atoms with Gasteiger partial charge in [0.25, 0.3) is 0 Å². The topological polar surface area (TPSA) is 130 Å². The van der Waals surface area contributed by atoms with Crippen molar-refractivity contribution in [1.82, 2.24) is 19.4 Å². The van der Waals surface area contributed by atoms with Crippen LogP contribution in [-0.4, -0.2) is 68.8 Å². The summed E-state index contributed by atoms with van der Waals surface area (Å²) in [6.45, 7) is 6.41. The maximum atomic E-state index is 13.0. The summed E-state index contributed by atoms with van der Waals surface area (Å²) in [7, 11) is 1.38. The van der Waals surface area contributed by atoms with Crippen LogP contribution in [0.2, 0.25) is 0 Å². The zero-order valence-corrected chi connectivity index (χ0v) is 21.9. The summed E-state index contributed by atoms with van der Waals surface area (Å²) >= 11 is 0. The molecule has 10 nitrogen and oxygen atoms in total. The van der Waals surface area contributed by atoms with Crippen LogP contribution in [0.5, 0.6) is 11.9 Å². The monoisotopic (exact) mass is 515 g/mol. The van der Waals surface area contributed by atoms with Crippen molar-refractivity contribution in [2.45, 2.75) is 38.0 Å². The van der Waals surface area contributed by atoms with E-state index < -0.39 is 11.0 Å². The Kier molecular flexibility index (Phi) is 9.19. The standard InChI is InChI=1S/C25H31N5O4S.H2O/c1-17-14-21(22(31)16-29-12-6-5-7-13-29)18(2)30(17)19-8-10-20(11-9-19)35(32)28-23-15-24(33-3)27-25(26-23)34-4;/h8-11,14-15H,5-7,12-13,16H2,1-4H3,(H,26,27,28);1H2. The van der Waals surface area contributed by atoms with Gasteiger partial charge in [0.05, 0.1) is 25.7 Å². The van der Waals surface area contributed by atoms with E-state index in [0.29, 0.717) is 23.1 Å². The molecule has 194 valence electrons. The normalized spacial score (nSPS) is 14.6. The minimum absolute atomic E-state index is 0. The van der Waals surface area contributed by atoms with Gasteiger partial charge < -0.3 is 19.5 Å². The van der Waals surface area contributed by atoms with Crippen molar-refractivity contribution in [2.75, 3.05) is 38.6 Å². The maximum absolute atomic E-state index is 13.0. The van der Waals surface area contributed by atoms with Gasteiger partial charge in [-0.1, -0.05) is 6.42 Å². The third-order valence-electron chi connectivity index (χ3n) is 6.13. The van der Waals surface area contributed by atoms with E-state index in [0.717, 1.165) is 48.6 Å².